The minimum absolute atomic E-state index is 0.501. The molecule has 1 aromatic rings. The average Bonchev–Trinajstić information content (AvgIpc) is 2.43. The Morgan fingerprint density at radius 2 is 2.05 bits per heavy atom. The molecule has 0 aliphatic heterocycles. The van der Waals surface area contributed by atoms with Crippen molar-refractivity contribution in [1.82, 2.24) is 10.3 Å². The molecule has 1 atom stereocenters. The summed E-state index contributed by atoms with van der Waals surface area (Å²) in [6.07, 6.45) is 10.6. The first-order valence-corrected chi connectivity index (χ1v) is 7.86. The van der Waals surface area contributed by atoms with Gasteiger partial charge in [0.1, 0.15) is 0 Å². The van der Waals surface area contributed by atoms with Gasteiger partial charge in [0.25, 0.3) is 0 Å². The van der Waals surface area contributed by atoms with Gasteiger partial charge >= 0.3 is 0 Å². The van der Waals surface area contributed by atoms with Crippen molar-refractivity contribution in [3.05, 3.63) is 29.6 Å². The maximum atomic E-state index is 4.34. The maximum Gasteiger partial charge on any atom is 0.0366 e. The van der Waals surface area contributed by atoms with Crippen LogP contribution < -0.4 is 5.32 Å². The molecule has 1 aliphatic carbocycles. The van der Waals surface area contributed by atoms with Gasteiger partial charge in [0.2, 0.25) is 0 Å². The Kier molecular flexibility index (Phi) is 5.38. The molecular formula is C17H28N2. The molecule has 0 spiro atoms. The summed E-state index contributed by atoms with van der Waals surface area (Å²) in [7, 11) is 0. The molecule has 19 heavy (non-hydrogen) atoms. The molecule has 0 aromatic carbocycles. The first-order chi connectivity index (χ1) is 9.22. The summed E-state index contributed by atoms with van der Waals surface area (Å²) in [5, 5.41) is 3.77. The van der Waals surface area contributed by atoms with Gasteiger partial charge in [0.05, 0.1) is 0 Å². The Labute approximate surface area is 118 Å². The third-order valence-electron chi connectivity index (χ3n) is 4.56. The summed E-state index contributed by atoms with van der Waals surface area (Å²) in [6, 6.07) is 2.64. The van der Waals surface area contributed by atoms with E-state index in [4.69, 9.17) is 0 Å². The topological polar surface area (TPSA) is 24.9 Å². The molecule has 2 heteroatoms. The van der Waals surface area contributed by atoms with Gasteiger partial charge in [-0.05, 0) is 61.8 Å². The van der Waals surface area contributed by atoms with Gasteiger partial charge in [0.15, 0.2) is 0 Å². The zero-order chi connectivity index (χ0) is 13.7. The second-order valence-corrected chi connectivity index (χ2v) is 6.18. The summed E-state index contributed by atoms with van der Waals surface area (Å²) in [6.45, 7) is 7.94. The number of pyridine rings is 1. The lowest BCUT2D eigenvalue weighted by atomic mass is 9.77. The molecule has 1 saturated carbocycles. The lowest BCUT2D eigenvalue weighted by Crippen LogP contribution is -2.32. The zero-order valence-corrected chi connectivity index (χ0v) is 12.7. The molecule has 106 valence electrons. The number of aryl methyl sites for hydroxylation is 1. The average molecular weight is 260 g/mol. The Hall–Kier alpha value is -0.890. The quantitative estimate of drug-likeness (QED) is 0.855. The maximum absolute atomic E-state index is 4.34. The van der Waals surface area contributed by atoms with Crippen LogP contribution in [-0.2, 0) is 0 Å². The SMILES string of the molecule is CCCNC(c1cnccc1C)C1CCC(C)CC1. The second-order valence-electron chi connectivity index (χ2n) is 6.18. The van der Waals surface area contributed by atoms with Crippen LogP contribution in [-0.4, -0.2) is 11.5 Å². The number of rotatable bonds is 5. The van der Waals surface area contributed by atoms with E-state index in [2.05, 4.69) is 43.3 Å². The normalized spacial score (nSPS) is 25.2. The Balaban J connectivity index is 2.13. The number of hydrogen-bond donors (Lipinski definition) is 1. The van der Waals surface area contributed by atoms with Gasteiger partial charge < -0.3 is 5.32 Å². The molecule has 1 heterocycles. The van der Waals surface area contributed by atoms with Crippen molar-refractivity contribution in [2.24, 2.45) is 11.8 Å². The lowest BCUT2D eigenvalue weighted by Gasteiger charge is -2.34. The number of nitrogens with zero attached hydrogens (tertiary/aromatic N) is 1. The van der Waals surface area contributed by atoms with Crippen LogP contribution in [0.4, 0.5) is 0 Å². The van der Waals surface area contributed by atoms with Crippen LogP contribution in [0.2, 0.25) is 0 Å². The first kappa shape index (κ1) is 14.5. The van der Waals surface area contributed by atoms with Crippen LogP contribution in [0.15, 0.2) is 18.5 Å². The molecule has 0 saturated heterocycles. The fourth-order valence-electron chi connectivity index (χ4n) is 3.25. The summed E-state index contributed by atoms with van der Waals surface area (Å²) in [5.74, 6) is 1.70. The van der Waals surface area contributed by atoms with E-state index >= 15 is 0 Å². The highest BCUT2D eigenvalue weighted by atomic mass is 14.9. The van der Waals surface area contributed by atoms with Gasteiger partial charge in [0, 0.05) is 18.4 Å². The summed E-state index contributed by atoms with van der Waals surface area (Å²) in [5.41, 5.74) is 2.79. The van der Waals surface area contributed by atoms with Gasteiger partial charge in [-0.3, -0.25) is 4.98 Å². The molecule has 1 aliphatic rings. The van der Waals surface area contributed by atoms with Crippen LogP contribution in [0.5, 0.6) is 0 Å². The second kappa shape index (κ2) is 7.04. The predicted octanol–water partition coefficient (Wildman–Crippen LogP) is 4.26. The van der Waals surface area contributed by atoms with E-state index < -0.39 is 0 Å². The Morgan fingerprint density at radius 3 is 2.68 bits per heavy atom. The van der Waals surface area contributed by atoms with E-state index in [1.807, 2.05) is 6.20 Å². The van der Waals surface area contributed by atoms with Crippen molar-refractivity contribution in [1.29, 1.82) is 0 Å². The highest BCUT2D eigenvalue weighted by Gasteiger charge is 2.27. The molecule has 0 bridgehead atoms. The zero-order valence-electron chi connectivity index (χ0n) is 12.7. The highest BCUT2D eigenvalue weighted by Crippen LogP contribution is 2.37. The highest BCUT2D eigenvalue weighted by molar-refractivity contribution is 5.25. The first-order valence-electron chi connectivity index (χ1n) is 7.86. The van der Waals surface area contributed by atoms with E-state index in [-0.39, 0.29) is 0 Å². The molecular weight excluding hydrogens is 232 g/mol. The summed E-state index contributed by atoms with van der Waals surface area (Å²) < 4.78 is 0. The van der Waals surface area contributed by atoms with Crippen LogP contribution >= 0.6 is 0 Å². The van der Waals surface area contributed by atoms with Crippen LogP contribution in [0.25, 0.3) is 0 Å². The van der Waals surface area contributed by atoms with Gasteiger partial charge in [-0.1, -0.05) is 26.7 Å². The van der Waals surface area contributed by atoms with Crippen molar-refractivity contribution in [2.45, 2.75) is 58.9 Å². The molecule has 1 N–H and O–H groups in total. The van der Waals surface area contributed by atoms with Crippen molar-refractivity contribution < 1.29 is 0 Å². The van der Waals surface area contributed by atoms with Crippen LogP contribution in [0.1, 0.15) is 63.1 Å². The Morgan fingerprint density at radius 1 is 1.32 bits per heavy atom. The van der Waals surface area contributed by atoms with E-state index in [0.717, 1.165) is 18.4 Å². The Bertz CT molecular complexity index is 381. The standard InChI is InChI=1S/C17H28N2/c1-4-10-19-17(15-7-5-13(2)6-8-15)16-12-18-11-9-14(16)3/h9,11-13,15,17,19H,4-8,10H2,1-3H3. The minimum Gasteiger partial charge on any atom is -0.310 e. The monoisotopic (exact) mass is 260 g/mol. The van der Waals surface area contributed by atoms with Crippen molar-refractivity contribution >= 4 is 0 Å². The summed E-state index contributed by atoms with van der Waals surface area (Å²) in [4.78, 5) is 4.34. The lowest BCUT2D eigenvalue weighted by molar-refractivity contribution is 0.231. The van der Waals surface area contributed by atoms with Crippen molar-refractivity contribution in [3.8, 4) is 0 Å². The number of nitrogens with one attached hydrogen (secondary N) is 1. The number of hydrogen-bond acceptors (Lipinski definition) is 2. The van der Waals surface area contributed by atoms with Crippen molar-refractivity contribution in [2.75, 3.05) is 6.54 Å². The van der Waals surface area contributed by atoms with E-state index in [0.29, 0.717) is 6.04 Å². The summed E-state index contributed by atoms with van der Waals surface area (Å²) >= 11 is 0. The van der Waals surface area contributed by atoms with E-state index in [9.17, 15) is 0 Å². The fraction of sp³-hybridized carbons (Fsp3) is 0.706. The van der Waals surface area contributed by atoms with Crippen LogP contribution in [0.3, 0.4) is 0 Å². The smallest absolute Gasteiger partial charge is 0.0366 e. The fourth-order valence-corrected chi connectivity index (χ4v) is 3.25. The van der Waals surface area contributed by atoms with Gasteiger partial charge in [-0.2, -0.15) is 0 Å². The molecule has 2 rings (SSSR count). The molecule has 1 aromatic heterocycles. The molecule has 1 fully saturated rings. The van der Waals surface area contributed by atoms with Gasteiger partial charge in [-0.25, -0.2) is 0 Å². The number of aromatic nitrogens is 1. The van der Waals surface area contributed by atoms with Crippen molar-refractivity contribution in [3.63, 3.8) is 0 Å². The van der Waals surface area contributed by atoms with Crippen LogP contribution in [0, 0.1) is 18.8 Å². The van der Waals surface area contributed by atoms with E-state index in [1.54, 1.807) is 0 Å². The molecule has 0 radical (unpaired) electrons. The van der Waals surface area contributed by atoms with E-state index in [1.165, 1.54) is 43.2 Å². The largest absolute Gasteiger partial charge is 0.310 e. The van der Waals surface area contributed by atoms with Gasteiger partial charge in [-0.15, -0.1) is 0 Å². The third kappa shape index (κ3) is 3.79. The minimum atomic E-state index is 0.501. The molecule has 0 amide bonds. The predicted molar refractivity (Wildman–Crippen MR) is 81.1 cm³/mol. The molecule has 1 unspecified atom stereocenters. The third-order valence-corrected chi connectivity index (χ3v) is 4.56. The molecule has 2 nitrogen and oxygen atoms in total.